The molecule has 122 valence electrons. The van der Waals surface area contributed by atoms with Crippen molar-refractivity contribution in [2.24, 2.45) is 5.92 Å². The highest BCUT2D eigenvalue weighted by Crippen LogP contribution is 2.32. The molecule has 1 aliphatic heterocycles. The minimum absolute atomic E-state index is 0.0717. The molecule has 21 heavy (non-hydrogen) atoms. The summed E-state index contributed by atoms with van der Waals surface area (Å²) < 4.78 is 0. The third kappa shape index (κ3) is 4.19. The zero-order chi connectivity index (χ0) is 15.2. The molecule has 0 aromatic heterocycles. The molecule has 4 nitrogen and oxygen atoms in total. The first-order chi connectivity index (χ1) is 10.2. The Bertz CT molecular complexity index is 328. The van der Waals surface area contributed by atoms with Crippen molar-refractivity contribution < 1.29 is 4.79 Å². The van der Waals surface area contributed by atoms with E-state index >= 15 is 0 Å². The molecule has 2 atom stereocenters. The van der Waals surface area contributed by atoms with Crippen LogP contribution in [0.4, 0.5) is 0 Å². The van der Waals surface area contributed by atoms with E-state index in [0.29, 0.717) is 18.0 Å². The number of unbranched alkanes of at least 4 members (excludes halogenated alkanes) is 1. The van der Waals surface area contributed by atoms with E-state index < -0.39 is 0 Å². The lowest BCUT2D eigenvalue weighted by Crippen LogP contribution is -2.45. The fraction of sp³-hybridized carbons (Fsp3) is 0.941. The molecule has 1 aliphatic carbocycles. The normalized spacial score (nSPS) is 27.2. The van der Waals surface area contributed by atoms with Gasteiger partial charge in [0, 0.05) is 13.1 Å². The molecule has 2 rings (SSSR count). The van der Waals surface area contributed by atoms with Crippen molar-refractivity contribution in [1.82, 2.24) is 15.1 Å². The summed E-state index contributed by atoms with van der Waals surface area (Å²) in [5, 5.41) is 3.67. The number of nitrogens with zero attached hydrogens (tertiary/aromatic N) is 2. The number of rotatable bonds is 8. The van der Waals surface area contributed by atoms with Crippen molar-refractivity contribution in [3.8, 4) is 0 Å². The van der Waals surface area contributed by atoms with Gasteiger partial charge in [0.15, 0.2) is 0 Å². The van der Waals surface area contributed by atoms with Crippen LogP contribution in [0.1, 0.15) is 58.8 Å². The maximum atomic E-state index is 12.7. The van der Waals surface area contributed by atoms with Gasteiger partial charge in [0.2, 0.25) is 5.91 Å². The van der Waals surface area contributed by atoms with Crippen LogP contribution < -0.4 is 5.32 Å². The van der Waals surface area contributed by atoms with E-state index in [9.17, 15) is 4.79 Å². The molecule has 1 N–H and O–H groups in total. The van der Waals surface area contributed by atoms with Gasteiger partial charge in [-0.05, 0) is 38.8 Å². The van der Waals surface area contributed by atoms with Crippen LogP contribution in [0.15, 0.2) is 0 Å². The minimum atomic E-state index is 0.0717. The average molecular weight is 295 g/mol. The fourth-order valence-corrected chi connectivity index (χ4v) is 3.67. The quantitative estimate of drug-likeness (QED) is 0.747. The maximum absolute atomic E-state index is 12.7. The minimum Gasteiger partial charge on any atom is -0.324 e. The van der Waals surface area contributed by atoms with Crippen LogP contribution in [0.3, 0.4) is 0 Å². The Morgan fingerprint density at radius 2 is 2.00 bits per heavy atom. The molecule has 2 aliphatic rings. The summed E-state index contributed by atoms with van der Waals surface area (Å²) in [4.78, 5) is 17.2. The van der Waals surface area contributed by atoms with Crippen molar-refractivity contribution >= 4 is 5.91 Å². The van der Waals surface area contributed by atoms with Crippen LogP contribution in [0, 0.1) is 5.92 Å². The van der Waals surface area contributed by atoms with Gasteiger partial charge in [-0.3, -0.25) is 10.1 Å². The number of nitrogens with one attached hydrogen (secondary N) is 1. The van der Waals surface area contributed by atoms with Crippen molar-refractivity contribution in [3.05, 3.63) is 0 Å². The highest BCUT2D eigenvalue weighted by molar-refractivity contribution is 5.84. The van der Waals surface area contributed by atoms with Gasteiger partial charge >= 0.3 is 0 Å². The SMILES string of the molecule is CCCCC1NC(C2CCCC2)N(CCN(C)CC)C1=O. The molecule has 1 amide bonds. The van der Waals surface area contributed by atoms with Gasteiger partial charge in [0.25, 0.3) is 0 Å². The van der Waals surface area contributed by atoms with E-state index in [1.165, 1.54) is 25.7 Å². The van der Waals surface area contributed by atoms with Gasteiger partial charge in [0.1, 0.15) is 0 Å². The van der Waals surface area contributed by atoms with Crippen LogP contribution >= 0.6 is 0 Å². The Labute approximate surface area is 130 Å². The van der Waals surface area contributed by atoms with Crippen molar-refractivity contribution in [3.63, 3.8) is 0 Å². The van der Waals surface area contributed by atoms with Crippen LogP contribution in [0.2, 0.25) is 0 Å². The van der Waals surface area contributed by atoms with Crippen LogP contribution in [0.25, 0.3) is 0 Å². The van der Waals surface area contributed by atoms with Gasteiger partial charge in [-0.2, -0.15) is 0 Å². The zero-order valence-corrected chi connectivity index (χ0v) is 14.1. The average Bonchev–Trinajstić information content (AvgIpc) is 3.11. The van der Waals surface area contributed by atoms with E-state index in [1.54, 1.807) is 0 Å². The van der Waals surface area contributed by atoms with Crippen molar-refractivity contribution in [2.45, 2.75) is 71.0 Å². The number of hydrogen-bond acceptors (Lipinski definition) is 3. The van der Waals surface area contributed by atoms with E-state index in [2.05, 4.69) is 36.0 Å². The van der Waals surface area contributed by atoms with Crippen molar-refractivity contribution in [2.75, 3.05) is 26.7 Å². The first-order valence-corrected chi connectivity index (χ1v) is 8.92. The molecule has 0 radical (unpaired) electrons. The van der Waals surface area contributed by atoms with Gasteiger partial charge < -0.3 is 9.80 Å². The first kappa shape index (κ1) is 16.8. The molecule has 0 aromatic rings. The predicted molar refractivity (Wildman–Crippen MR) is 87.1 cm³/mol. The zero-order valence-electron chi connectivity index (χ0n) is 14.1. The molecule has 2 unspecified atom stereocenters. The van der Waals surface area contributed by atoms with Gasteiger partial charge in [0.05, 0.1) is 12.2 Å². The third-order valence-electron chi connectivity index (χ3n) is 5.24. The lowest BCUT2D eigenvalue weighted by atomic mass is 10.0. The summed E-state index contributed by atoms with van der Waals surface area (Å²) in [7, 11) is 2.13. The fourth-order valence-electron chi connectivity index (χ4n) is 3.67. The smallest absolute Gasteiger partial charge is 0.241 e. The van der Waals surface area contributed by atoms with E-state index in [1.807, 2.05) is 0 Å². The standard InChI is InChI=1S/C17H33N3O/c1-4-6-11-15-17(21)20(13-12-19(3)5-2)16(18-15)14-9-7-8-10-14/h14-16,18H,4-13H2,1-3H3. The Morgan fingerprint density at radius 3 is 2.62 bits per heavy atom. The number of carbonyl (C=O) groups is 1. The van der Waals surface area contributed by atoms with E-state index in [-0.39, 0.29) is 6.04 Å². The van der Waals surface area contributed by atoms with E-state index in [0.717, 1.165) is 38.9 Å². The molecule has 0 spiro atoms. The summed E-state index contributed by atoms with van der Waals surface area (Å²) >= 11 is 0. The maximum Gasteiger partial charge on any atom is 0.241 e. The largest absolute Gasteiger partial charge is 0.324 e. The van der Waals surface area contributed by atoms with Gasteiger partial charge in [-0.1, -0.05) is 39.5 Å². The Morgan fingerprint density at radius 1 is 1.29 bits per heavy atom. The highest BCUT2D eigenvalue weighted by atomic mass is 16.2. The van der Waals surface area contributed by atoms with Gasteiger partial charge in [-0.25, -0.2) is 0 Å². The molecule has 4 heteroatoms. The summed E-state index contributed by atoms with van der Waals surface area (Å²) in [6.45, 7) is 7.26. The lowest BCUT2D eigenvalue weighted by Gasteiger charge is -2.30. The first-order valence-electron chi connectivity index (χ1n) is 8.92. The molecular weight excluding hydrogens is 262 g/mol. The third-order valence-corrected chi connectivity index (χ3v) is 5.24. The lowest BCUT2D eigenvalue weighted by molar-refractivity contribution is -0.130. The summed E-state index contributed by atoms with van der Waals surface area (Å²) in [6.07, 6.45) is 8.84. The molecule has 0 bridgehead atoms. The number of amides is 1. The predicted octanol–water partition coefficient (Wildman–Crippen LogP) is 2.45. The summed E-state index contributed by atoms with van der Waals surface area (Å²) in [6, 6.07) is 0.0717. The molecule has 1 saturated carbocycles. The molecule has 0 aromatic carbocycles. The van der Waals surface area contributed by atoms with Gasteiger partial charge in [-0.15, -0.1) is 0 Å². The Kier molecular flexibility index (Phi) is 6.49. The number of likely N-dealkylation sites (N-methyl/N-ethyl adjacent to an activating group) is 1. The Hall–Kier alpha value is -0.610. The topological polar surface area (TPSA) is 35.6 Å². The van der Waals surface area contributed by atoms with Crippen LogP contribution in [0.5, 0.6) is 0 Å². The van der Waals surface area contributed by atoms with E-state index in [4.69, 9.17) is 0 Å². The Balaban J connectivity index is 1.98. The second kappa shape index (κ2) is 8.14. The monoisotopic (exact) mass is 295 g/mol. The number of carbonyl (C=O) groups excluding carboxylic acids is 1. The second-order valence-electron chi connectivity index (χ2n) is 6.78. The molecule has 1 heterocycles. The summed E-state index contributed by atoms with van der Waals surface area (Å²) in [5.74, 6) is 1.03. The summed E-state index contributed by atoms with van der Waals surface area (Å²) in [5.41, 5.74) is 0. The molecule has 2 fully saturated rings. The van der Waals surface area contributed by atoms with Crippen LogP contribution in [-0.2, 0) is 4.79 Å². The number of hydrogen-bond donors (Lipinski definition) is 1. The second-order valence-corrected chi connectivity index (χ2v) is 6.78. The molecule has 1 saturated heterocycles. The van der Waals surface area contributed by atoms with Crippen LogP contribution in [-0.4, -0.2) is 54.6 Å². The highest BCUT2D eigenvalue weighted by Gasteiger charge is 2.42. The van der Waals surface area contributed by atoms with Crippen molar-refractivity contribution in [1.29, 1.82) is 0 Å². The molecular formula is C17H33N3O.